The standard InChI is InChI=1S/C30H44N4O6/c1-4-5-14-32(15-6-13-31(2)3)28(37)20-33-19-23(21-7-8-25-22(18-21)12-17-40-25)29(30(38)39)24(33)11-16-34-26(35)9-10-27(34)36/h7-8,18,23-24,29H,4-6,9-17,19-20H2,1-3H3,(H,38,39). The fourth-order valence-corrected chi connectivity index (χ4v) is 6.32. The molecule has 2 fully saturated rings. The Kier molecular flexibility index (Phi) is 10.2. The molecule has 1 N–H and O–H groups in total. The number of unbranched alkanes of at least 4 members (excludes halogenated alkanes) is 1. The normalized spacial score (nSPS) is 22.7. The third-order valence-corrected chi connectivity index (χ3v) is 8.48. The van der Waals surface area contributed by atoms with Gasteiger partial charge in [0.15, 0.2) is 0 Å². The molecule has 0 saturated carbocycles. The molecule has 0 radical (unpaired) electrons. The second kappa shape index (κ2) is 13.6. The number of hydrogen-bond acceptors (Lipinski definition) is 7. The van der Waals surface area contributed by atoms with Crippen LogP contribution in [-0.2, 0) is 25.6 Å². The molecule has 10 heteroatoms. The van der Waals surface area contributed by atoms with Gasteiger partial charge >= 0.3 is 5.97 Å². The van der Waals surface area contributed by atoms with Crippen molar-refractivity contribution in [2.24, 2.45) is 5.92 Å². The summed E-state index contributed by atoms with van der Waals surface area (Å²) in [5.74, 6) is -1.58. The van der Waals surface area contributed by atoms with Gasteiger partial charge in [-0.3, -0.25) is 29.0 Å². The maximum atomic E-state index is 13.7. The highest BCUT2D eigenvalue weighted by atomic mass is 16.5. The zero-order valence-corrected chi connectivity index (χ0v) is 24.1. The molecule has 3 atom stereocenters. The maximum absolute atomic E-state index is 13.7. The summed E-state index contributed by atoms with van der Waals surface area (Å²) in [6, 6.07) is 5.42. The minimum Gasteiger partial charge on any atom is -0.493 e. The molecule has 10 nitrogen and oxygen atoms in total. The van der Waals surface area contributed by atoms with Gasteiger partial charge in [-0.2, -0.15) is 0 Å². The van der Waals surface area contributed by atoms with Gasteiger partial charge in [0, 0.05) is 57.4 Å². The van der Waals surface area contributed by atoms with Crippen LogP contribution in [-0.4, -0.2) is 114 Å². The topological polar surface area (TPSA) is 111 Å². The fraction of sp³-hybridized carbons (Fsp3) is 0.667. The van der Waals surface area contributed by atoms with Crippen molar-refractivity contribution >= 4 is 23.7 Å². The number of benzene rings is 1. The second-order valence-electron chi connectivity index (χ2n) is 11.6. The first-order valence-electron chi connectivity index (χ1n) is 14.7. The number of amides is 3. The predicted molar refractivity (Wildman–Crippen MR) is 150 cm³/mol. The number of carbonyl (C=O) groups excluding carboxylic acids is 3. The number of hydrogen-bond donors (Lipinski definition) is 1. The van der Waals surface area contributed by atoms with Crippen LogP contribution in [0, 0.1) is 5.92 Å². The van der Waals surface area contributed by atoms with Crippen LogP contribution in [0.1, 0.15) is 62.5 Å². The van der Waals surface area contributed by atoms with Crippen molar-refractivity contribution in [2.45, 2.75) is 63.8 Å². The Bertz CT molecular complexity index is 1080. The Balaban J connectivity index is 1.57. The molecule has 3 aliphatic heterocycles. The van der Waals surface area contributed by atoms with Crippen LogP contribution < -0.4 is 4.74 Å². The van der Waals surface area contributed by atoms with Gasteiger partial charge in [-0.15, -0.1) is 0 Å². The number of likely N-dealkylation sites (tertiary alicyclic amines) is 2. The lowest BCUT2D eigenvalue weighted by molar-refractivity contribution is -0.144. The molecule has 1 aromatic rings. The van der Waals surface area contributed by atoms with E-state index in [9.17, 15) is 24.3 Å². The van der Waals surface area contributed by atoms with E-state index in [-0.39, 0.29) is 49.6 Å². The number of carboxylic acids is 1. The van der Waals surface area contributed by atoms with Gasteiger partial charge in [0.1, 0.15) is 5.75 Å². The van der Waals surface area contributed by atoms with Gasteiger partial charge < -0.3 is 19.6 Å². The molecular formula is C30H44N4O6. The van der Waals surface area contributed by atoms with E-state index in [2.05, 4.69) is 11.8 Å². The summed E-state index contributed by atoms with van der Waals surface area (Å²) in [5, 5.41) is 10.5. The van der Waals surface area contributed by atoms with Gasteiger partial charge in [0.2, 0.25) is 17.7 Å². The summed E-state index contributed by atoms with van der Waals surface area (Å²) < 4.78 is 5.66. The monoisotopic (exact) mass is 556 g/mol. The number of imide groups is 1. The molecule has 4 rings (SSSR count). The SMILES string of the molecule is CCCCN(CCCN(C)C)C(=O)CN1CC(c2ccc3c(c2)CCO3)C(C(=O)O)C1CCN1C(=O)CCC1=O. The van der Waals surface area contributed by atoms with Gasteiger partial charge in [-0.05, 0) is 57.1 Å². The zero-order chi connectivity index (χ0) is 28.8. The average Bonchev–Trinajstić information content (AvgIpc) is 3.61. The number of carbonyl (C=O) groups is 4. The molecule has 3 heterocycles. The Morgan fingerprint density at radius 2 is 1.77 bits per heavy atom. The van der Waals surface area contributed by atoms with Gasteiger partial charge in [-0.25, -0.2) is 0 Å². The molecule has 0 aromatic heterocycles. The van der Waals surface area contributed by atoms with Crippen molar-refractivity contribution in [2.75, 3.05) is 60.0 Å². The molecule has 40 heavy (non-hydrogen) atoms. The highest BCUT2D eigenvalue weighted by molar-refractivity contribution is 6.01. The quantitative estimate of drug-likeness (QED) is 0.348. The number of fused-ring (bicyclic) bond motifs is 1. The van der Waals surface area contributed by atoms with Crippen LogP contribution in [0.25, 0.3) is 0 Å². The predicted octanol–water partition coefficient (Wildman–Crippen LogP) is 2.21. The van der Waals surface area contributed by atoms with Crippen molar-refractivity contribution in [3.63, 3.8) is 0 Å². The summed E-state index contributed by atoms with van der Waals surface area (Å²) in [4.78, 5) is 58.3. The first-order valence-corrected chi connectivity index (χ1v) is 14.7. The number of nitrogens with zero attached hydrogens (tertiary/aromatic N) is 4. The molecular weight excluding hydrogens is 512 g/mol. The Morgan fingerprint density at radius 3 is 2.45 bits per heavy atom. The van der Waals surface area contributed by atoms with Crippen LogP contribution in [0.2, 0.25) is 0 Å². The molecule has 2 saturated heterocycles. The van der Waals surface area contributed by atoms with Crippen LogP contribution in [0.3, 0.4) is 0 Å². The van der Waals surface area contributed by atoms with Crippen LogP contribution in [0.15, 0.2) is 18.2 Å². The van der Waals surface area contributed by atoms with E-state index in [1.54, 1.807) is 0 Å². The lowest BCUT2D eigenvalue weighted by Gasteiger charge is -2.30. The fourth-order valence-electron chi connectivity index (χ4n) is 6.32. The smallest absolute Gasteiger partial charge is 0.308 e. The van der Waals surface area contributed by atoms with Gasteiger partial charge in [0.25, 0.3) is 0 Å². The summed E-state index contributed by atoms with van der Waals surface area (Å²) in [7, 11) is 4.03. The first-order chi connectivity index (χ1) is 19.2. The van der Waals surface area contributed by atoms with Gasteiger partial charge in [0.05, 0.1) is 19.1 Å². The van der Waals surface area contributed by atoms with E-state index < -0.39 is 17.9 Å². The van der Waals surface area contributed by atoms with E-state index in [1.807, 2.05) is 42.1 Å². The lowest BCUT2D eigenvalue weighted by atomic mass is 9.83. The number of ether oxygens (including phenoxy) is 1. The third-order valence-electron chi connectivity index (χ3n) is 8.48. The largest absolute Gasteiger partial charge is 0.493 e. The molecule has 0 spiro atoms. The van der Waals surface area contributed by atoms with Crippen molar-refractivity contribution in [3.05, 3.63) is 29.3 Å². The van der Waals surface area contributed by atoms with Crippen molar-refractivity contribution in [1.29, 1.82) is 0 Å². The molecule has 220 valence electrons. The molecule has 3 unspecified atom stereocenters. The Hall–Kier alpha value is -2.98. The van der Waals surface area contributed by atoms with Crippen molar-refractivity contribution in [3.8, 4) is 5.75 Å². The molecule has 0 bridgehead atoms. The summed E-state index contributed by atoms with van der Waals surface area (Å²) in [5.41, 5.74) is 2.01. The zero-order valence-electron chi connectivity index (χ0n) is 24.1. The maximum Gasteiger partial charge on any atom is 0.308 e. The molecule has 3 aliphatic rings. The summed E-state index contributed by atoms with van der Waals surface area (Å²) in [6.45, 7) is 5.64. The average molecular weight is 557 g/mol. The van der Waals surface area contributed by atoms with E-state index in [1.165, 1.54) is 4.90 Å². The Labute approximate surface area is 237 Å². The highest BCUT2D eigenvalue weighted by Gasteiger charge is 2.47. The minimum atomic E-state index is -0.922. The summed E-state index contributed by atoms with van der Waals surface area (Å²) >= 11 is 0. The van der Waals surface area contributed by atoms with Crippen molar-refractivity contribution in [1.82, 2.24) is 19.6 Å². The molecule has 0 aliphatic carbocycles. The molecule has 3 amide bonds. The van der Waals surface area contributed by atoms with Crippen LogP contribution >= 0.6 is 0 Å². The number of carboxylic acid groups (broad SMARTS) is 1. The summed E-state index contributed by atoms with van der Waals surface area (Å²) in [6.07, 6.45) is 4.27. The highest BCUT2D eigenvalue weighted by Crippen LogP contribution is 2.41. The lowest BCUT2D eigenvalue weighted by Crippen LogP contribution is -2.46. The first kappa shape index (κ1) is 30.0. The van der Waals surface area contributed by atoms with Gasteiger partial charge in [-0.1, -0.05) is 25.5 Å². The van der Waals surface area contributed by atoms with Crippen LogP contribution in [0.5, 0.6) is 5.75 Å². The van der Waals surface area contributed by atoms with Crippen molar-refractivity contribution < 1.29 is 29.0 Å². The molecule has 1 aromatic carbocycles. The Morgan fingerprint density at radius 1 is 1.05 bits per heavy atom. The minimum absolute atomic E-state index is 0.00215. The number of aliphatic carboxylic acids is 1. The van der Waals surface area contributed by atoms with E-state index >= 15 is 0 Å². The van der Waals surface area contributed by atoms with E-state index in [0.717, 1.165) is 49.1 Å². The van der Waals surface area contributed by atoms with E-state index in [0.29, 0.717) is 32.7 Å². The second-order valence-corrected chi connectivity index (χ2v) is 11.6. The van der Waals surface area contributed by atoms with Crippen LogP contribution in [0.4, 0.5) is 0 Å². The third kappa shape index (κ3) is 7.01. The number of rotatable bonds is 14. The van der Waals surface area contributed by atoms with E-state index in [4.69, 9.17) is 4.74 Å².